The molecule has 0 aromatic heterocycles. The van der Waals surface area contributed by atoms with Crippen molar-refractivity contribution in [1.29, 1.82) is 0 Å². The lowest BCUT2D eigenvalue weighted by Crippen LogP contribution is -2.37. The number of hydrogen-bond acceptors (Lipinski definition) is 4. The third-order valence-electron chi connectivity index (χ3n) is 3.13. The number of carbonyl (C=O) groups excluding carboxylic acids is 2. The molecule has 0 saturated carbocycles. The van der Waals surface area contributed by atoms with Crippen molar-refractivity contribution in [3.63, 3.8) is 0 Å². The van der Waals surface area contributed by atoms with Crippen LogP contribution in [0.25, 0.3) is 6.08 Å². The van der Waals surface area contributed by atoms with E-state index in [4.69, 9.17) is 5.11 Å². The number of nitrogens with one attached hydrogen (secondary N) is 2. The van der Waals surface area contributed by atoms with Gasteiger partial charge >= 0.3 is 5.97 Å². The molecule has 0 atom stereocenters. The lowest BCUT2D eigenvalue weighted by molar-refractivity contribution is -0.137. The van der Waals surface area contributed by atoms with Crippen LogP contribution in [0.4, 0.5) is 0 Å². The van der Waals surface area contributed by atoms with E-state index in [2.05, 4.69) is 10.6 Å². The van der Waals surface area contributed by atoms with Gasteiger partial charge in [0.05, 0.1) is 0 Å². The van der Waals surface area contributed by atoms with Gasteiger partial charge in [0.15, 0.2) is 0 Å². The van der Waals surface area contributed by atoms with Crippen molar-refractivity contribution in [2.24, 2.45) is 0 Å². The zero-order valence-corrected chi connectivity index (χ0v) is 13.1. The number of carboxylic acids is 1. The quantitative estimate of drug-likeness (QED) is 0.593. The van der Waals surface area contributed by atoms with Gasteiger partial charge in [-0.25, -0.2) is 0 Å². The van der Waals surface area contributed by atoms with E-state index in [1.54, 1.807) is 42.5 Å². The molecule has 4 N–H and O–H groups in total. The lowest BCUT2D eigenvalue weighted by Gasteiger charge is -2.10. The zero-order chi connectivity index (χ0) is 18.2. The fourth-order valence-corrected chi connectivity index (χ4v) is 1.93. The molecule has 0 spiro atoms. The van der Waals surface area contributed by atoms with Crippen LogP contribution in [-0.4, -0.2) is 34.5 Å². The molecule has 0 radical (unpaired) electrons. The van der Waals surface area contributed by atoms with Crippen LogP contribution in [0.5, 0.6) is 5.75 Å². The maximum atomic E-state index is 12.3. The average molecular weight is 340 g/mol. The van der Waals surface area contributed by atoms with Crippen molar-refractivity contribution in [3.8, 4) is 5.75 Å². The molecule has 0 fully saturated rings. The van der Waals surface area contributed by atoms with Gasteiger partial charge in [0.2, 0.25) is 0 Å². The molecule has 0 heterocycles. The molecule has 128 valence electrons. The van der Waals surface area contributed by atoms with Gasteiger partial charge in [-0.05, 0) is 35.9 Å². The first-order chi connectivity index (χ1) is 12.0. The first kappa shape index (κ1) is 17.7. The molecule has 7 nitrogen and oxygen atoms in total. The van der Waals surface area contributed by atoms with E-state index in [-0.39, 0.29) is 11.4 Å². The van der Waals surface area contributed by atoms with Crippen molar-refractivity contribution in [3.05, 3.63) is 71.4 Å². The summed E-state index contributed by atoms with van der Waals surface area (Å²) in [5.74, 6) is -2.38. The summed E-state index contributed by atoms with van der Waals surface area (Å²) in [7, 11) is 0. The highest BCUT2D eigenvalue weighted by Crippen LogP contribution is 2.12. The predicted molar refractivity (Wildman–Crippen MR) is 90.6 cm³/mol. The second-order valence-corrected chi connectivity index (χ2v) is 5.05. The second-order valence-electron chi connectivity index (χ2n) is 5.05. The Balaban J connectivity index is 2.24. The number of rotatable bonds is 6. The minimum Gasteiger partial charge on any atom is -0.508 e. The first-order valence-corrected chi connectivity index (χ1v) is 7.33. The molecular formula is C18H16N2O5. The number of amides is 2. The Morgan fingerprint density at radius 3 is 2.20 bits per heavy atom. The van der Waals surface area contributed by atoms with Crippen molar-refractivity contribution in [2.75, 3.05) is 6.54 Å². The van der Waals surface area contributed by atoms with Gasteiger partial charge in [0, 0.05) is 5.56 Å². The van der Waals surface area contributed by atoms with Crippen LogP contribution in [0, 0.1) is 0 Å². The van der Waals surface area contributed by atoms with Crippen LogP contribution >= 0.6 is 0 Å². The largest absolute Gasteiger partial charge is 0.508 e. The molecule has 0 aliphatic heterocycles. The molecule has 0 aliphatic carbocycles. The summed E-state index contributed by atoms with van der Waals surface area (Å²) in [6, 6.07) is 14.2. The van der Waals surface area contributed by atoms with Crippen LogP contribution in [0.3, 0.4) is 0 Å². The van der Waals surface area contributed by atoms with Crippen LogP contribution in [-0.2, 0) is 9.59 Å². The van der Waals surface area contributed by atoms with E-state index in [0.717, 1.165) is 0 Å². The highest BCUT2D eigenvalue weighted by atomic mass is 16.4. The highest BCUT2D eigenvalue weighted by molar-refractivity contribution is 6.05. The van der Waals surface area contributed by atoms with E-state index in [0.29, 0.717) is 11.1 Å². The number of hydrogen-bond donors (Lipinski definition) is 4. The number of aromatic hydroxyl groups is 1. The van der Waals surface area contributed by atoms with Gasteiger partial charge in [0.1, 0.15) is 18.0 Å². The smallest absolute Gasteiger partial charge is 0.322 e. The average Bonchev–Trinajstić information content (AvgIpc) is 2.61. The van der Waals surface area contributed by atoms with Gasteiger partial charge in [-0.1, -0.05) is 30.3 Å². The Hall–Kier alpha value is -3.61. The molecular weight excluding hydrogens is 324 g/mol. The molecule has 2 amide bonds. The van der Waals surface area contributed by atoms with Crippen molar-refractivity contribution >= 4 is 23.9 Å². The summed E-state index contributed by atoms with van der Waals surface area (Å²) in [5, 5.41) is 22.7. The number of carboxylic acid groups (broad SMARTS) is 1. The number of carbonyl (C=O) groups is 3. The molecule has 7 heteroatoms. The Morgan fingerprint density at radius 2 is 1.60 bits per heavy atom. The SMILES string of the molecule is O=C(O)CNC(=O)/C(=C\c1ccc(O)cc1)NC(=O)c1ccccc1. The molecule has 0 unspecified atom stereocenters. The third-order valence-corrected chi connectivity index (χ3v) is 3.13. The van der Waals surface area contributed by atoms with E-state index < -0.39 is 24.3 Å². The molecule has 2 aromatic rings. The van der Waals surface area contributed by atoms with E-state index >= 15 is 0 Å². The van der Waals surface area contributed by atoms with Gasteiger partial charge in [-0.15, -0.1) is 0 Å². The Kier molecular flexibility index (Phi) is 5.89. The second kappa shape index (κ2) is 8.30. The Labute approximate surface area is 143 Å². The number of benzene rings is 2. The fraction of sp³-hybridized carbons (Fsp3) is 0.0556. The fourth-order valence-electron chi connectivity index (χ4n) is 1.93. The standard InChI is InChI=1S/C18H16N2O5/c21-14-8-6-12(7-9-14)10-15(18(25)19-11-16(22)23)20-17(24)13-4-2-1-3-5-13/h1-10,21H,11H2,(H,19,25)(H,20,24)(H,22,23)/b15-10+. The van der Waals surface area contributed by atoms with Crippen LogP contribution in [0.1, 0.15) is 15.9 Å². The minimum absolute atomic E-state index is 0.0577. The molecule has 0 saturated heterocycles. The lowest BCUT2D eigenvalue weighted by atomic mass is 10.1. The maximum absolute atomic E-state index is 12.3. The van der Waals surface area contributed by atoms with Crippen molar-refractivity contribution < 1.29 is 24.6 Å². The van der Waals surface area contributed by atoms with E-state index in [9.17, 15) is 19.5 Å². The number of phenols is 1. The molecule has 2 rings (SSSR count). The predicted octanol–water partition coefficient (Wildman–Crippen LogP) is 1.36. The van der Waals surface area contributed by atoms with Gasteiger partial charge in [0.25, 0.3) is 11.8 Å². The van der Waals surface area contributed by atoms with E-state index in [1.165, 1.54) is 18.2 Å². The minimum atomic E-state index is -1.20. The van der Waals surface area contributed by atoms with Crippen molar-refractivity contribution in [1.82, 2.24) is 10.6 Å². The normalized spacial score (nSPS) is 10.8. The van der Waals surface area contributed by atoms with E-state index in [1.807, 2.05) is 0 Å². The number of aliphatic carboxylic acids is 1. The summed E-state index contributed by atoms with van der Waals surface area (Å²) >= 11 is 0. The van der Waals surface area contributed by atoms with Gasteiger partial charge in [-0.2, -0.15) is 0 Å². The molecule has 25 heavy (non-hydrogen) atoms. The first-order valence-electron chi connectivity index (χ1n) is 7.33. The number of phenolic OH excluding ortho intramolecular Hbond substituents is 1. The summed E-state index contributed by atoms with van der Waals surface area (Å²) in [6.45, 7) is -0.576. The summed E-state index contributed by atoms with van der Waals surface area (Å²) in [5.41, 5.74) is 0.789. The molecule has 0 aliphatic rings. The van der Waals surface area contributed by atoms with Crippen LogP contribution < -0.4 is 10.6 Å². The highest BCUT2D eigenvalue weighted by Gasteiger charge is 2.15. The topological polar surface area (TPSA) is 116 Å². The Morgan fingerprint density at radius 1 is 0.960 bits per heavy atom. The molecule has 2 aromatic carbocycles. The van der Waals surface area contributed by atoms with Crippen LogP contribution in [0.15, 0.2) is 60.3 Å². The zero-order valence-electron chi connectivity index (χ0n) is 13.1. The molecule has 0 bridgehead atoms. The Bertz CT molecular complexity index is 798. The third kappa shape index (κ3) is 5.51. The summed E-state index contributed by atoms with van der Waals surface area (Å²) in [6.07, 6.45) is 1.39. The van der Waals surface area contributed by atoms with Gasteiger partial charge < -0.3 is 20.8 Å². The van der Waals surface area contributed by atoms with Crippen molar-refractivity contribution in [2.45, 2.75) is 0 Å². The van der Waals surface area contributed by atoms with Crippen LogP contribution in [0.2, 0.25) is 0 Å². The monoisotopic (exact) mass is 340 g/mol. The summed E-state index contributed by atoms with van der Waals surface area (Å²) < 4.78 is 0. The van der Waals surface area contributed by atoms with Gasteiger partial charge in [-0.3, -0.25) is 14.4 Å². The summed E-state index contributed by atoms with van der Waals surface area (Å²) in [4.78, 5) is 35.0. The maximum Gasteiger partial charge on any atom is 0.322 e.